The predicted molar refractivity (Wildman–Crippen MR) is 91.1 cm³/mol. The van der Waals surface area contributed by atoms with Crippen LogP contribution in [0.3, 0.4) is 0 Å². The van der Waals surface area contributed by atoms with E-state index in [1.165, 1.54) is 0 Å². The largest absolute Gasteiger partial charge is 0.481 e. The number of anilines is 1. The van der Waals surface area contributed by atoms with E-state index < -0.39 is 11.4 Å². The molecule has 0 aromatic heterocycles. The third-order valence-corrected chi connectivity index (χ3v) is 5.93. The highest BCUT2D eigenvalue weighted by Gasteiger charge is 2.55. The summed E-state index contributed by atoms with van der Waals surface area (Å²) in [4.78, 5) is 37.9. The Morgan fingerprint density at radius 2 is 1.84 bits per heavy atom. The first-order valence-electron chi connectivity index (χ1n) is 8.93. The summed E-state index contributed by atoms with van der Waals surface area (Å²) in [5, 5.41) is 12.5. The molecule has 1 aromatic carbocycles. The number of carbonyl (C=O) groups is 3. The van der Waals surface area contributed by atoms with E-state index >= 15 is 0 Å². The number of amides is 2. The Bertz CT molecular complexity index is 725. The Balaban J connectivity index is 1.44. The van der Waals surface area contributed by atoms with Crippen LogP contribution in [0.5, 0.6) is 0 Å². The van der Waals surface area contributed by atoms with Crippen LogP contribution < -0.4 is 5.32 Å². The lowest BCUT2D eigenvalue weighted by Gasteiger charge is -2.23. The van der Waals surface area contributed by atoms with Gasteiger partial charge in [-0.05, 0) is 55.9 Å². The van der Waals surface area contributed by atoms with Gasteiger partial charge in [-0.25, -0.2) is 0 Å². The molecule has 0 radical (unpaired) electrons. The molecule has 2 N–H and O–H groups in total. The molecule has 1 aliphatic heterocycles. The minimum atomic E-state index is -0.775. The molecule has 0 unspecified atom stereocenters. The SMILES string of the molecule is O=C(Nc1ccc(C(=O)N2C[C@@H]3CCC[C@@]3(C(=O)O)C2)cc1)C1CC1. The van der Waals surface area contributed by atoms with Crippen LogP contribution in [0.25, 0.3) is 0 Å². The smallest absolute Gasteiger partial charge is 0.311 e. The van der Waals surface area contributed by atoms with E-state index in [2.05, 4.69) is 5.32 Å². The summed E-state index contributed by atoms with van der Waals surface area (Å²) >= 11 is 0. The van der Waals surface area contributed by atoms with Gasteiger partial charge in [0.15, 0.2) is 0 Å². The summed E-state index contributed by atoms with van der Waals surface area (Å²) in [6.45, 7) is 0.817. The number of nitrogens with zero attached hydrogens (tertiary/aromatic N) is 1. The first-order chi connectivity index (χ1) is 12.0. The Kier molecular flexibility index (Phi) is 3.78. The zero-order chi connectivity index (χ0) is 17.6. The zero-order valence-electron chi connectivity index (χ0n) is 14.0. The van der Waals surface area contributed by atoms with Crippen molar-refractivity contribution in [3.05, 3.63) is 29.8 Å². The van der Waals surface area contributed by atoms with Crippen LogP contribution in [-0.2, 0) is 9.59 Å². The highest BCUT2D eigenvalue weighted by Crippen LogP contribution is 2.49. The van der Waals surface area contributed by atoms with E-state index in [1.807, 2.05) is 0 Å². The number of nitrogens with one attached hydrogen (secondary N) is 1. The third kappa shape index (κ3) is 2.79. The van der Waals surface area contributed by atoms with Crippen molar-refractivity contribution in [3.8, 4) is 0 Å². The molecule has 2 atom stereocenters. The van der Waals surface area contributed by atoms with Gasteiger partial charge in [-0.1, -0.05) is 6.42 Å². The molecule has 1 heterocycles. The van der Waals surface area contributed by atoms with E-state index in [9.17, 15) is 19.5 Å². The summed E-state index contributed by atoms with van der Waals surface area (Å²) in [5.41, 5.74) is 0.465. The highest BCUT2D eigenvalue weighted by molar-refractivity contribution is 5.97. The van der Waals surface area contributed by atoms with Crippen molar-refractivity contribution in [2.24, 2.45) is 17.3 Å². The first kappa shape index (κ1) is 16.1. The van der Waals surface area contributed by atoms with Gasteiger partial charge < -0.3 is 15.3 Å². The lowest BCUT2D eigenvalue weighted by atomic mass is 9.81. The number of hydrogen-bond donors (Lipinski definition) is 2. The molecule has 132 valence electrons. The summed E-state index contributed by atoms with van der Waals surface area (Å²) in [5.74, 6) is -0.669. The molecule has 3 aliphatic rings. The van der Waals surface area contributed by atoms with E-state index in [4.69, 9.17) is 0 Å². The van der Waals surface area contributed by atoms with Gasteiger partial charge in [-0.15, -0.1) is 0 Å². The molecule has 2 amide bonds. The number of carbonyl (C=O) groups excluding carboxylic acids is 2. The van der Waals surface area contributed by atoms with Gasteiger partial charge >= 0.3 is 5.97 Å². The number of carboxylic acids is 1. The Morgan fingerprint density at radius 3 is 2.44 bits per heavy atom. The summed E-state index contributed by atoms with van der Waals surface area (Å²) in [6.07, 6.45) is 4.35. The fourth-order valence-corrected chi connectivity index (χ4v) is 4.26. The number of carboxylic acid groups (broad SMARTS) is 1. The number of likely N-dealkylation sites (tertiary alicyclic amines) is 1. The molecule has 25 heavy (non-hydrogen) atoms. The van der Waals surface area contributed by atoms with Crippen LogP contribution in [0.1, 0.15) is 42.5 Å². The van der Waals surface area contributed by atoms with Crippen molar-refractivity contribution >= 4 is 23.5 Å². The van der Waals surface area contributed by atoms with E-state index in [1.54, 1.807) is 29.2 Å². The van der Waals surface area contributed by atoms with Crippen molar-refractivity contribution in [2.45, 2.75) is 32.1 Å². The average Bonchev–Trinajstić information content (AvgIpc) is 3.26. The molecular formula is C19H22N2O4. The van der Waals surface area contributed by atoms with Crippen LogP contribution in [-0.4, -0.2) is 40.9 Å². The van der Waals surface area contributed by atoms with Gasteiger partial charge in [-0.2, -0.15) is 0 Å². The maximum Gasteiger partial charge on any atom is 0.311 e. The van der Waals surface area contributed by atoms with E-state index in [0.717, 1.165) is 25.7 Å². The molecule has 3 fully saturated rings. The number of rotatable bonds is 4. The van der Waals surface area contributed by atoms with Crippen molar-refractivity contribution in [1.29, 1.82) is 0 Å². The third-order valence-electron chi connectivity index (χ3n) is 5.93. The monoisotopic (exact) mass is 342 g/mol. The standard InChI is InChI=1S/C19H22N2O4/c22-16(12-3-4-12)20-15-7-5-13(6-8-15)17(23)21-10-14-2-1-9-19(14,11-21)18(24)25/h5-8,12,14H,1-4,9-11H2,(H,20,22)(H,24,25)/t14-,19+/m0/s1. The fourth-order valence-electron chi connectivity index (χ4n) is 4.26. The second kappa shape index (κ2) is 5.86. The molecule has 0 bridgehead atoms. The van der Waals surface area contributed by atoms with Crippen molar-refractivity contribution < 1.29 is 19.5 Å². The van der Waals surface area contributed by atoms with Crippen molar-refractivity contribution in [1.82, 2.24) is 4.90 Å². The highest BCUT2D eigenvalue weighted by atomic mass is 16.4. The molecule has 1 aromatic rings. The predicted octanol–water partition coefficient (Wildman–Crippen LogP) is 2.36. The van der Waals surface area contributed by atoms with Crippen molar-refractivity contribution in [2.75, 3.05) is 18.4 Å². The average molecular weight is 342 g/mol. The normalized spacial score (nSPS) is 27.8. The molecule has 2 aliphatic carbocycles. The number of fused-ring (bicyclic) bond motifs is 1. The quantitative estimate of drug-likeness (QED) is 0.879. The van der Waals surface area contributed by atoms with E-state index in [-0.39, 0.29) is 23.7 Å². The van der Waals surface area contributed by atoms with Gasteiger partial charge in [-0.3, -0.25) is 14.4 Å². The number of benzene rings is 1. The van der Waals surface area contributed by atoms with E-state index in [0.29, 0.717) is 30.8 Å². The van der Waals surface area contributed by atoms with Crippen molar-refractivity contribution in [3.63, 3.8) is 0 Å². The Morgan fingerprint density at radius 1 is 1.12 bits per heavy atom. The fraction of sp³-hybridized carbons (Fsp3) is 0.526. The molecule has 6 heteroatoms. The van der Waals surface area contributed by atoms with Gasteiger partial charge in [0, 0.05) is 30.3 Å². The summed E-state index contributed by atoms with van der Waals surface area (Å²) in [6, 6.07) is 6.87. The maximum absolute atomic E-state index is 12.7. The van der Waals surface area contributed by atoms with Gasteiger partial charge in [0.1, 0.15) is 0 Å². The lowest BCUT2D eigenvalue weighted by molar-refractivity contribution is -0.149. The topological polar surface area (TPSA) is 86.7 Å². The second-order valence-corrected chi connectivity index (χ2v) is 7.58. The summed E-state index contributed by atoms with van der Waals surface area (Å²) in [7, 11) is 0. The minimum Gasteiger partial charge on any atom is -0.481 e. The van der Waals surface area contributed by atoms with Gasteiger partial charge in [0.25, 0.3) is 5.91 Å². The van der Waals surface area contributed by atoms with Crippen LogP contribution in [0.15, 0.2) is 24.3 Å². The summed E-state index contributed by atoms with van der Waals surface area (Å²) < 4.78 is 0. The maximum atomic E-state index is 12.7. The molecule has 0 spiro atoms. The zero-order valence-corrected chi connectivity index (χ0v) is 14.0. The second-order valence-electron chi connectivity index (χ2n) is 7.58. The van der Waals surface area contributed by atoms with Crippen LogP contribution >= 0.6 is 0 Å². The van der Waals surface area contributed by atoms with Gasteiger partial charge in [0.05, 0.1) is 5.41 Å². The molecule has 6 nitrogen and oxygen atoms in total. The van der Waals surface area contributed by atoms with Crippen LogP contribution in [0.2, 0.25) is 0 Å². The van der Waals surface area contributed by atoms with Crippen LogP contribution in [0, 0.1) is 17.3 Å². The Labute approximate surface area is 146 Å². The molecular weight excluding hydrogens is 320 g/mol. The molecule has 4 rings (SSSR count). The molecule has 1 saturated heterocycles. The first-order valence-corrected chi connectivity index (χ1v) is 8.93. The van der Waals surface area contributed by atoms with Gasteiger partial charge in [0.2, 0.25) is 5.91 Å². The number of hydrogen-bond acceptors (Lipinski definition) is 3. The molecule has 2 saturated carbocycles. The van der Waals surface area contributed by atoms with Crippen LogP contribution in [0.4, 0.5) is 5.69 Å². The lowest BCUT2D eigenvalue weighted by Crippen LogP contribution is -2.37. The Hall–Kier alpha value is -2.37. The minimum absolute atomic E-state index is 0.0369. The number of aliphatic carboxylic acids is 1.